The van der Waals surface area contributed by atoms with Crippen LogP contribution in [0.1, 0.15) is 22.4 Å². The molecule has 0 saturated carbocycles. The van der Waals surface area contributed by atoms with E-state index in [4.69, 9.17) is 16.3 Å². The normalized spacial score (nSPS) is 18.6. The zero-order valence-electron chi connectivity index (χ0n) is 15.9. The Labute approximate surface area is 183 Å². The van der Waals surface area contributed by atoms with Gasteiger partial charge in [-0.1, -0.05) is 51.8 Å². The van der Waals surface area contributed by atoms with Crippen LogP contribution in [0.2, 0.25) is 5.02 Å². The lowest BCUT2D eigenvalue weighted by atomic mass is 9.76. The van der Waals surface area contributed by atoms with Crippen LogP contribution in [0.15, 0.2) is 71.2 Å². The summed E-state index contributed by atoms with van der Waals surface area (Å²) in [7, 11) is 1.69. The van der Waals surface area contributed by atoms with Gasteiger partial charge in [-0.25, -0.2) is 0 Å². The number of rotatable bonds is 3. The SMILES string of the molecule is COc1ccc(C2(c3ccc(Cl)cc3)NCCc3c2[nH]c2ccc(Br)cc32)cc1. The van der Waals surface area contributed by atoms with E-state index < -0.39 is 5.54 Å². The number of H-pyrrole nitrogens is 1. The van der Waals surface area contributed by atoms with E-state index in [2.05, 4.69) is 68.7 Å². The average molecular weight is 468 g/mol. The summed E-state index contributed by atoms with van der Waals surface area (Å²) in [5, 5.41) is 5.83. The molecule has 5 heteroatoms. The van der Waals surface area contributed by atoms with Gasteiger partial charge in [-0.3, -0.25) is 5.32 Å². The first kappa shape index (κ1) is 18.7. The number of aromatic nitrogens is 1. The van der Waals surface area contributed by atoms with Crippen molar-refractivity contribution >= 4 is 38.4 Å². The fraction of sp³-hybridized carbons (Fsp3) is 0.167. The van der Waals surface area contributed by atoms with Crippen LogP contribution in [-0.2, 0) is 12.0 Å². The van der Waals surface area contributed by atoms with Crippen molar-refractivity contribution in [2.24, 2.45) is 0 Å². The topological polar surface area (TPSA) is 37.0 Å². The summed E-state index contributed by atoms with van der Waals surface area (Å²) in [5.41, 5.74) is 5.50. The van der Waals surface area contributed by atoms with E-state index in [9.17, 15) is 0 Å². The highest BCUT2D eigenvalue weighted by molar-refractivity contribution is 9.10. The molecule has 29 heavy (non-hydrogen) atoms. The molecular weight excluding hydrogens is 448 g/mol. The second-order valence-corrected chi connectivity index (χ2v) is 8.68. The molecule has 3 nitrogen and oxygen atoms in total. The van der Waals surface area contributed by atoms with Gasteiger partial charge in [0.2, 0.25) is 0 Å². The third-order valence-corrected chi connectivity index (χ3v) is 6.55. The summed E-state index contributed by atoms with van der Waals surface area (Å²) in [4.78, 5) is 3.73. The predicted octanol–water partition coefficient (Wildman–Crippen LogP) is 6.03. The molecule has 0 fully saturated rings. The maximum Gasteiger partial charge on any atom is 0.118 e. The number of fused-ring (bicyclic) bond motifs is 3. The van der Waals surface area contributed by atoms with Gasteiger partial charge in [-0.2, -0.15) is 0 Å². The Hall–Kier alpha value is -2.27. The van der Waals surface area contributed by atoms with Crippen LogP contribution >= 0.6 is 27.5 Å². The molecule has 1 unspecified atom stereocenters. The van der Waals surface area contributed by atoms with Gasteiger partial charge in [0.15, 0.2) is 0 Å². The van der Waals surface area contributed by atoms with Gasteiger partial charge in [0.25, 0.3) is 0 Å². The lowest BCUT2D eigenvalue weighted by Crippen LogP contribution is -2.49. The zero-order chi connectivity index (χ0) is 20.0. The van der Waals surface area contributed by atoms with Crippen molar-refractivity contribution in [1.29, 1.82) is 0 Å². The molecule has 1 aromatic heterocycles. The largest absolute Gasteiger partial charge is 0.497 e. The number of nitrogens with one attached hydrogen (secondary N) is 2. The van der Waals surface area contributed by atoms with E-state index in [0.717, 1.165) is 44.9 Å². The quantitative estimate of drug-likeness (QED) is 0.386. The Balaban J connectivity index is 1.82. The fourth-order valence-corrected chi connectivity index (χ4v) is 4.95. The Morgan fingerprint density at radius 2 is 1.66 bits per heavy atom. The Morgan fingerprint density at radius 1 is 0.966 bits per heavy atom. The molecule has 146 valence electrons. The van der Waals surface area contributed by atoms with Crippen molar-refractivity contribution in [1.82, 2.24) is 10.3 Å². The number of ether oxygens (including phenoxy) is 1. The lowest BCUT2D eigenvalue weighted by molar-refractivity contribution is 0.412. The molecule has 2 N–H and O–H groups in total. The maximum absolute atomic E-state index is 6.21. The van der Waals surface area contributed by atoms with Gasteiger partial charge >= 0.3 is 0 Å². The highest BCUT2D eigenvalue weighted by atomic mass is 79.9. The fourth-order valence-electron chi connectivity index (χ4n) is 4.46. The first-order chi connectivity index (χ1) is 14.1. The second-order valence-electron chi connectivity index (χ2n) is 7.33. The Kier molecular flexibility index (Phi) is 4.66. The highest BCUT2D eigenvalue weighted by Crippen LogP contribution is 2.43. The van der Waals surface area contributed by atoms with Crippen molar-refractivity contribution in [3.63, 3.8) is 0 Å². The lowest BCUT2D eigenvalue weighted by Gasteiger charge is -2.40. The summed E-state index contributed by atoms with van der Waals surface area (Å²) in [6.45, 7) is 0.876. The molecule has 0 bridgehead atoms. The van der Waals surface area contributed by atoms with E-state index in [1.807, 2.05) is 24.3 Å². The van der Waals surface area contributed by atoms with Crippen LogP contribution in [0.5, 0.6) is 5.75 Å². The number of hydrogen-bond donors (Lipinski definition) is 2. The monoisotopic (exact) mass is 466 g/mol. The van der Waals surface area contributed by atoms with Crippen LogP contribution in [0.3, 0.4) is 0 Å². The molecule has 1 aliphatic heterocycles. The average Bonchev–Trinajstić information content (AvgIpc) is 3.13. The van der Waals surface area contributed by atoms with Gasteiger partial charge in [-0.05, 0) is 65.6 Å². The third kappa shape index (κ3) is 2.98. The van der Waals surface area contributed by atoms with Crippen LogP contribution in [0, 0.1) is 0 Å². The van der Waals surface area contributed by atoms with Crippen LogP contribution < -0.4 is 10.1 Å². The first-order valence-electron chi connectivity index (χ1n) is 9.58. The van der Waals surface area contributed by atoms with Crippen LogP contribution in [0.25, 0.3) is 10.9 Å². The molecule has 0 radical (unpaired) electrons. The third-order valence-electron chi connectivity index (χ3n) is 5.81. The van der Waals surface area contributed by atoms with Gasteiger partial charge in [0.05, 0.1) is 7.11 Å². The number of methoxy groups -OCH3 is 1. The summed E-state index contributed by atoms with van der Waals surface area (Å²) >= 11 is 9.84. The number of benzene rings is 3. The molecular formula is C24H20BrClN2O. The van der Waals surface area contributed by atoms with E-state index in [-0.39, 0.29) is 0 Å². The van der Waals surface area contributed by atoms with Crippen molar-refractivity contribution in [3.8, 4) is 5.75 Å². The summed E-state index contributed by atoms with van der Waals surface area (Å²) in [6, 6.07) is 22.9. The first-order valence-corrected chi connectivity index (χ1v) is 10.7. The number of halogens is 2. The smallest absolute Gasteiger partial charge is 0.118 e. The molecule has 1 aliphatic rings. The molecule has 0 spiro atoms. The number of hydrogen-bond acceptors (Lipinski definition) is 2. The molecule has 1 atom stereocenters. The standard InChI is InChI=1S/C24H20BrClN2O/c1-29-19-9-4-16(5-10-19)24(15-2-7-18(26)8-3-15)23-20(12-13-27-24)21-14-17(25)6-11-22(21)28-23/h2-11,14,27-28H,12-13H2,1H3. The van der Waals surface area contributed by atoms with Gasteiger partial charge in [0.1, 0.15) is 11.3 Å². The summed E-state index contributed by atoms with van der Waals surface area (Å²) < 4.78 is 6.48. The van der Waals surface area contributed by atoms with Crippen molar-refractivity contribution in [2.45, 2.75) is 12.0 Å². The molecule has 5 rings (SSSR count). The minimum Gasteiger partial charge on any atom is -0.497 e. The molecule has 4 aromatic rings. The summed E-state index contributed by atoms with van der Waals surface area (Å²) in [6.07, 6.45) is 0.970. The van der Waals surface area contributed by atoms with Gasteiger partial charge in [-0.15, -0.1) is 0 Å². The van der Waals surface area contributed by atoms with Crippen LogP contribution in [-0.4, -0.2) is 18.6 Å². The Morgan fingerprint density at radius 3 is 2.34 bits per heavy atom. The molecule has 2 heterocycles. The highest BCUT2D eigenvalue weighted by Gasteiger charge is 2.42. The van der Waals surface area contributed by atoms with E-state index in [1.165, 1.54) is 16.6 Å². The van der Waals surface area contributed by atoms with Crippen LogP contribution in [0.4, 0.5) is 0 Å². The molecule has 3 aromatic carbocycles. The van der Waals surface area contributed by atoms with E-state index in [1.54, 1.807) is 7.11 Å². The van der Waals surface area contributed by atoms with Gasteiger partial charge < -0.3 is 9.72 Å². The van der Waals surface area contributed by atoms with Gasteiger partial charge in [0, 0.05) is 32.6 Å². The maximum atomic E-state index is 6.21. The Bertz CT molecular complexity index is 1180. The molecule has 0 amide bonds. The minimum atomic E-state index is -0.490. The van der Waals surface area contributed by atoms with Crippen molar-refractivity contribution in [3.05, 3.63) is 98.6 Å². The number of aromatic amines is 1. The zero-order valence-corrected chi connectivity index (χ0v) is 18.3. The minimum absolute atomic E-state index is 0.490. The van der Waals surface area contributed by atoms with Crippen molar-refractivity contribution in [2.75, 3.05) is 13.7 Å². The predicted molar refractivity (Wildman–Crippen MR) is 122 cm³/mol. The molecule has 0 aliphatic carbocycles. The van der Waals surface area contributed by atoms with E-state index >= 15 is 0 Å². The van der Waals surface area contributed by atoms with Crippen molar-refractivity contribution < 1.29 is 4.74 Å². The second kappa shape index (κ2) is 7.21. The molecule has 0 saturated heterocycles. The van der Waals surface area contributed by atoms with E-state index in [0.29, 0.717) is 0 Å². The summed E-state index contributed by atoms with van der Waals surface area (Å²) in [5.74, 6) is 0.844.